The molecule has 0 aliphatic heterocycles. The van der Waals surface area contributed by atoms with E-state index in [1.165, 1.54) is 0 Å². The topological polar surface area (TPSA) is 22.9 Å². The molecule has 0 aliphatic carbocycles. The Morgan fingerprint density at radius 3 is 2.25 bits per heavy atom. The number of rotatable bonds is 0. The van der Waals surface area contributed by atoms with Gasteiger partial charge in [0.1, 0.15) is 5.02 Å². The first-order chi connectivity index (χ1) is 5.41. The second kappa shape index (κ2) is 2.86. The van der Waals surface area contributed by atoms with E-state index < -0.39 is 11.7 Å². The van der Waals surface area contributed by atoms with E-state index in [0.717, 1.165) is 18.2 Å². The summed E-state index contributed by atoms with van der Waals surface area (Å²) in [6, 6.07) is 2.59. The minimum atomic E-state index is -4.39. The maximum absolute atomic E-state index is 12.0. The van der Waals surface area contributed by atoms with Crippen molar-refractivity contribution in [2.24, 2.45) is 0 Å². The summed E-state index contributed by atoms with van der Waals surface area (Å²) in [5.41, 5.74) is -0.830. The monoisotopic (exact) mass is 197 g/mol. The highest BCUT2D eigenvalue weighted by atomic mass is 35.5. The van der Waals surface area contributed by atoms with E-state index in [-0.39, 0.29) is 10.8 Å². The molecule has 0 bridgehead atoms. The summed E-state index contributed by atoms with van der Waals surface area (Å²) < 4.78 is 35.9. The summed E-state index contributed by atoms with van der Waals surface area (Å²) in [4.78, 5) is 0. The summed E-state index contributed by atoms with van der Waals surface area (Å²) >= 11 is 5.33. The van der Waals surface area contributed by atoms with Gasteiger partial charge in [-0.15, -0.1) is 0 Å². The SMILES string of the molecule is [OH2+]c1ccc(C(F)(F)F)cc1Cl. The average molecular weight is 198 g/mol. The molecule has 0 radical (unpaired) electrons. The molecule has 1 nitrogen and oxygen atoms in total. The van der Waals surface area contributed by atoms with Crippen molar-refractivity contribution in [3.63, 3.8) is 0 Å². The molecule has 0 fully saturated rings. The van der Waals surface area contributed by atoms with Gasteiger partial charge in [0.2, 0.25) is 0 Å². The predicted octanol–water partition coefficient (Wildman–Crippen LogP) is 2.80. The lowest BCUT2D eigenvalue weighted by Gasteiger charge is -2.05. The van der Waals surface area contributed by atoms with Crippen molar-refractivity contribution in [1.82, 2.24) is 0 Å². The molecule has 0 unspecified atom stereocenters. The molecule has 1 rings (SSSR count). The molecule has 12 heavy (non-hydrogen) atoms. The minimum Gasteiger partial charge on any atom is -0.592 e. The van der Waals surface area contributed by atoms with Crippen molar-refractivity contribution in [1.29, 1.82) is 0 Å². The molecule has 1 aromatic rings. The van der Waals surface area contributed by atoms with E-state index >= 15 is 0 Å². The van der Waals surface area contributed by atoms with Crippen LogP contribution in [0.15, 0.2) is 18.2 Å². The van der Waals surface area contributed by atoms with Crippen molar-refractivity contribution in [3.8, 4) is 5.75 Å². The Hall–Kier alpha value is -0.900. The zero-order valence-electron chi connectivity index (χ0n) is 5.74. The Kier molecular flexibility index (Phi) is 2.19. The van der Waals surface area contributed by atoms with Crippen molar-refractivity contribution in [3.05, 3.63) is 28.8 Å². The lowest BCUT2D eigenvalue weighted by Crippen LogP contribution is -2.03. The molecule has 1 aromatic carbocycles. The van der Waals surface area contributed by atoms with Crippen molar-refractivity contribution in [2.75, 3.05) is 0 Å². The number of hydrogen-bond donors (Lipinski definition) is 0. The fourth-order valence-electron chi connectivity index (χ4n) is 0.691. The maximum Gasteiger partial charge on any atom is 0.416 e. The van der Waals surface area contributed by atoms with Crippen molar-refractivity contribution < 1.29 is 18.3 Å². The molecule has 66 valence electrons. The molecule has 0 amide bonds. The largest absolute Gasteiger partial charge is 0.592 e. The summed E-state index contributed by atoms with van der Waals surface area (Å²) in [6.07, 6.45) is -4.39. The van der Waals surface area contributed by atoms with E-state index in [2.05, 4.69) is 0 Å². The Morgan fingerprint density at radius 1 is 1.25 bits per heavy atom. The van der Waals surface area contributed by atoms with Gasteiger partial charge in [0, 0.05) is 6.07 Å². The van der Waals surface area contributed by atoms with E-state index in [9.17, 15) is 13.2 Å². The highest BCUT2D eigenvalue weighted by Gasteiger charge is 2.31. The fraction of sp³-hybridized carbons (Fsp3) is 0.143. The second-order valence-corrected chi connectivity index (χ2v) is 2.60. The molecule has 0 saturated heterocycles. The van der Waals surface area contributed by atoms with Gasteiger partial charge in [-0.05, 0) is 12.1 Å². The Labute approximate surface area is 71.4 Å². The van der Waals surface area contributed by atoms with Gasteiger partial charge >= 0.3 is 6.18 Å². The zero-order valence-corrected chi connectivity index (χ0v) is 6.50. The molecule has 5 heteroatoms. The van der Waals surface area contributed by atoms with Crippen LogP contribution in [0.25, 0.3) is 0 Å². The van der Waals surface area contributed by atoms with E-state index in [4.69, 9.17) is 16.7 Å². The number of halogens is 4. The third-order valence-electron chi connectivity index (χ3n) is 1.30. The van der Waals surface area contributed by atoms with Gasteiger partial charge in [0.25, 0.3) is 5.75 Å². The summed E-state index contributed by atoms with van der Waals surface area (Å²) in [5.74, 6) is -0.107. The Balaban J connectivity index is 3.14. The molecule has 0 saturated carbocycles. The lowest BCUT2D eigenvalue weighted by molar-refractivity contribution is -0.137. The summed E-state index contributed by atoms with van der Waals surface area (Å²) in [7, 11) is 0. The van der Waals surface area contributed by atoms with E-state index in [1.807, 2.05) is 0 Å². The van der Waals surface area contributed by atoms with Gasteiger partial charge < -0.3 is 5.11 Å². The number of alkyl halides is 3. The zero-order chi connectivity index (χ0) is 9.35. The number of hydrogen-bond acceptors (Lipinski definition) is 0. The lowest BCUT2D eigenvalue weighted by atomic mass is 10.2. The third kappa shape index (κ3) is 1.82. The first-order valence-electron chi connectivity index (χ1n) is 2.99. The maximum atomic E-state index is 12.0. The van der Waals surface area contributed by atoms with Crippen LogP contribution in [0.4, 0.5) is 13.2 Å². The standard InChI is InChI=1S/C7H4ClF3O/c8-5-3-4(7(9,10)11)1-2-6(5)12/h1-3,12H/p+1. The van der Waals surface area contributed by atoms with Gasteiger partial charge in [-0.2, -0.15) is 13.2 Å². The van der Waals surface area contributed by atoms with Crippen molar-refractivity contribution >= 4 is 11.6 Å². The second-order valence-electron chi connectivity index (χ2n) is 2.19. The highest BCUT2D eigenvalue weighted by Crippen LogP contribution is 2.33. The van der Waals surface area contributed by atoms with Gasteiger partial charge in [-0.25, -0.2) is 0 Å². The number of benzene rings is 1. The van der Waals surface area contributed by atoms with Gasteiger partial charge in [-0.3, -0.25) is 0 Å². The first-order valence-corrected chi connectivity index (χ1v) is 3.37. The normalized spacial score (nSPS) is 11.7. The fourth-order valence-corrected chi connectivity index (χ4v) is 0.872. The van der Waals surface area contributed by atoms with Crippen LogP contribution >= 0.6 is 11.6 Å². The van der Waals surface area contributed by atoms with Crippen molar-refractivity contribution in [2.45, 2.75) is 6.18 Å². The molecule has 0 aliphatic rings. The third-order valence-corrected chi connectivity index (χ3v) is 1.61. The van der Waals surface area contributed by atoms with Crippen LogP contribution in [0.1, 0.15) is 5.56 Å². The minimum absolute atomic E-state index is 0.107. The molecule has 0 atom stereocenters. The van der Waals surface area contributed by atoms with Crippen LogP contribution < -0.4 is 0 Å². The predicted molar refractivity (Wildman–Crippen MR) is 39.5 cm³/mol. The van der Waals surface area contributed by atoms with Crippen LogP contribution in [0.5, 0.6) is 5.75 Å². The summed E-state index contributed by atoms with van der Waals surface area (Å²) in [5, 5.41) is 6.83. The van der Waals surface area contributed by atoms with Crippen LogP contribution in [0, 0.1) is 0 Å². The highest BCUT2D eigenvalue weighted by molar-refractivity contribution is 6.32. The summed E-state index contributed by atoms with van der Waals surface area (Å²) in [6.45, 7) is 0. The Morgan fingerprint density at radius 2 is 1.83 bits per heavy atom. The van der Waals surface area contributed by atoms with Gasteiger partial charge in [0.05, 0.1) is 5.56 Å². The van der Waals surface area contributed by atoms with E-state index in [1.54, 1.807) is 0 Å². The smallest absolute Gasteiger partial charge is 0.416 e. The molecule has 0 spiro atoms. The molecule has 0 heterocycles. The Bertz CT molecular complexity index is 295. The molecule has 2 N–H and O–H groups in total. The first kappa shape index (κ1) is 9.19. The average Bonchev–Trinajstić information content (AvgIpc) is 1.92. The van der Waals surface area contributed by atoms with Crippen LogP contribution in [0.2, 0.25) is 5.02 Å². The van der Waals surface area contributed by atoms with Gasteiger partial charge in [0.15, 0.2) is 0 Å². The van der Waals surface area contributed by atoms with E-state index in [0.29, 0.717) is 0 Å². The van der Waals surface area contributed by atoms with Gasteiger partial charge in [-0.1, -0.05) is 11.6 Å². The van der Waals surface area contributed by atoms with Crippen LogP contribution in [0.3, 0.4) is 0 Å². The molecular weight excluding hydrogens is 193 g/mol. The van der Waals surface area contributed by atoms with Crippen LogP contribution in [-0.2, 0) is 6.18 Å². The van der Waals surface area contributed by atoms with Crippen LogP contribution in [-0.4, -0.2) is 5.11 Å². The molecular formula is C7H5ClF3O+. The molecule has 0 aromatic heterocycles. The quantitative estimate of drug-likeness (QED) is 0.571.